The molecule has 0 aliphatic heterocycles. The minimum Gasteiger partial charge on any atom is -0.496 e. The van der Waals surface area contributed by atoms with Crippen molar-refractivity contribution in [2.45, 2.75) is 0 Å². The van der Waals surface area contributed by atoms with Crippen LogP contribution in [0.1, 0.15) is 20.7 Å². The van der Waals surface area contributed by atoms with Crippen molar-refractivity contribution in [1.29, 1.82) is 0 Å². The largest absolute Gasteiger partial charge is 0.496 e. The Morgan fingerprint density at radius 3 is 2.33 bits per heavy atom. The summed E-state index contributed by atoms with van der Waals surface area (Å²) < 4.78 is 10.5. The molecule has 5 nitrogen and oxygen atoms in total. The van der Waals surface area contributed by atoms with Crippen LogP contribution in [0.5, 0.6) is 11.5 Å². The van der Waals surface area contributed by atoms with Crippen molar-refractivity contribution in [2.75, 3.05) is 13.7 Å². The van der Waals surface area contributed by atoms with Crippen LogP contribution >= 0.6 is 0 Å². The molecule has 0 aliphatic rings. The Morgan fingerprint density at radius 2 is 1.71 bits per heavy atom. The molecule has 0 atom stereocenters. The van der Waals surface area contributed by atoms with Gasteiger partial charge in [-0.15, -0.1) is 0 Å². The molecule has 0 aliphatic carbocycles. The molecular weight excluding hydrogens is 270 g/mol. The van der Waals surface area contributed by atoms with Gasteiger partial charge in [0.25, 0.3) is 0 Å². The molecule has 0 unspecified atom stereocenters. The highest BCUT2D eigenvalue weighted by molar-refractivity contribution is 5.99. The molecule has 0 heterocycles. The molecule has 5 heteroatoms. The summed E-state index contributed by atoms with van der Waals surface area (Å²) in [5, 5.41) is 0. The fourth-order valence-electron chi connectivity index (χ4n) is 1.82. The van der Waals surface area contributed by atoms with E-state index in [9.17, 15) is 9.59 Å². The molecule has 2 aromatic rings. The lowest BCUT2D eigenvalue weighted by Crippen LogP contribution is -2.13. The molecule has 0 fully saturated rings. The highest BCUT2D eigenvalue weighted by atomic mass is 16.5. The number of hydrogen-bond donors (Lipinski definition) is 1. The van der Waals surface area contributed by atoms with Crippen LogP contribution in [0.25, 0.3) is 0 Å². The van der Waals surface area contributed by atoms with Gasteiger partial charge in [-0.1, -0.05) is 12.1 Å². The SMILES string of the molecule is COc1ccccc1C(=O)COc1ccc(C(N)=O)cc1. The van der Waals surface area contributed by atoms with Crippen LogP contribution in [0.2, 0.25) is 0 Å². The fourth-order valence-corrected chi connectivity index (χ4v) is 1.82. The van der Waals surface area contributed by atoms with Crippen LogP contribution in [0.15, 0.2) is 48.5 Å². The third-order valence-electron chi connectivity index (χ3n) is 2.92. The first-order valence-electron chi connectivity index (χ1n) is 6.30. The maximum Gasteiger partial charge on any atom is 0.248 e. The van der Waals surface area contributed by atoms with Crippen molar-refractivity contribution in [2.24, 2.45) is 5.73 Å². The van der Waals surface area contributed by atoms with Gasteiger partial charge < -0.3 is 15.2 Å². The van der Waals surface area contributed by atoms with Crippen molar-refractivity contribution in [3.8, 4) is 11.5 Å². The van der Waals surface area contributed by atoms with E-state index < -0.39 is 5.91 Å². The van der Waals surface area contributed by atoms with Gasteiger partial charge in [0, 0.05) is 5.56 Å². The summed E-state index contributed by atoms with van der Waals surface area (Å²) in [5.41, 5.74) is 6.00. The first-order chi connectivity index (χ1) is 10.1. The van der Waals surface area contributed by atoms with E-state index in [0.29, 0.717) is 22.6 Å². The second kappa shape index (κ2) is 6.56. The summed E-state index contributed by atoms with van der Waals surface area (Å²) in [4.78, 5) is 23.0. The van der Waals surface area contributed by atoms with Gasteiger partial charge in [0.1, 0.15) is 11.5 Å². The van der Waals surface area contributed by atoms with Crippen LogP contribution in [-0.4, -0.2) is 25.4 Å². The van der Waals surface area contributed by atoms with Crippen LogP contribution in [0.4, 0.5) is 0 Å². The minimum absolute atomic E-state index is 0.115. The van der Waals surface area contributed by atoms with E-state index in [1.807, 2.05) is 0 Å². The summed E-state index contributed by atoms with van der Waals surface area (Å²) in [5.74, 6) is 0.302. The quantitative estimate of drug-likeness (QED) is 0.824. The van der Waals surface area contributed by atoms with Crippen LogP contribution in [0.3, 0.4) is 0 Å². The van der Waals surface area contributed by atoms with Crippen molar-refractivity contribution in [3.05, 3.63) is 59.7 Å². The predicted molar refractivity (Wildman–Crippen MR) is 77.8 cm³/mol. The van der Waals surface area contributed by atoms with Crippen molar-refractivity contribution in [1.82, 2.24) is 0 Å². The van der Waals surface area contributed by atoms with Gasteiger partial charge in [-0.2, -0.15) is 0 Å². The van der Waals surface area contributed by atoms with Crippen molar-refractivity contribution in [3.63, 3.8) is 0 Å². The van der Waals surface area contributed by atoms with Crippen molar-refractivity contribution >= 4 is 11.7 Å². The zero-order chi connectivity index (χ0) is 15.2. The Morgan fingerprint density at radius 1 is 1.05 bits per heavy atom. The number of ether oxygens (including phenoxy) is 2. The second-order valence-corrected chi connectivity index (χ2v) is 4.30. The lowest BCUT2D eigenvalue weighted by molar-refractivity contribution is 0.0917. The fraction of sp³-hybridized carbons (Fsp3) is 0.125. The number of nitrogens with two attached hydrogens (primary N) is 1. The molecule has 0 bridgehead atoms. The highest BCUT2D eigenvalue weighted by Crippen LogP contribution is 2.19. The van der Waals surface area contributed by atoms with Gasteiger partial charge in [-0.3, -0.25) is 9.59 Å². The topological polar surface area (TPSA) is 78.6 Å². The van der Waals surface area contributed by atoms with Gasteiger partial charge in [0.15, 0.2) is 6.61 Å². The molecule has 0 saturated carbocycles. The Bertz CT molecular complexity index is 650. The van der Waals surface area contributed by atoms with E-state index >= 15 is 0 Å². The van der Waals surface area contributed by atoms with Gasteiger partial charge in [0.2, 0.25) is 11.7 Å². The third kappa shape index (κ3) is 3.60. The molecular formula is C16H15NO4. The van der Waals surface area contributed by atoms with E-state index in [1.165, 1.54) is 7.11 Å². The summed E-state index contributed by atoms with van der Waals surface area (Å²) in [7, 11) is 1.51. The van der Waals surface area contributed by atoms with E-state index in [0.717, 1.165) is 0 Å². The van der Waals surface area contributed by atoms with Gasteiger partial charge in [-0.25, -0.2) is 0 Å². The maximum absolute atomic E-state index is 12.1. The first-order valence-corrected chi connectivity index (χ1v) is 6.30. The number of benzene rings is 2. The molecule has 108 valence electrons. The molecule has 0 aromatic heterocycles. The standard InChI is InChI=1S/C16H15NO4/c1-20-15-5-3-2-4-13(15)14(18)10-21-12-8-6-11(7-9-12)16(17)19/h2-9H,10H2,1H3,(H2,17,19). The average Bonchev–Trinajstić information content (AvgIpc) is 2.52. The maximum atomic E-state index is 12.1. The van der Waals surface area contributed by atoms with E-state index in [1.54, 1.807) is 48.5 Å². The Hall–Kier alpha value is -2.82. The number of Topliss-reactive ketones (excluding diaryl/α,β-unsaturated/α-hetero) is 1. The molecule has 0 spiro atoms. The Balaban J connectivity index is 2.02. The Kier molecular flexibility index (Phi) is 4.56. The van der Waals surface area contributed by atoms with E-state index in [2.05, 4.69) is 0 Å². The summed E-state index contributed by atoms with van der Waals surface area (Å²) in [6.45, 7) is -0.115. The second-order valence-electron chi connectivity index (χ2n) is 4.30. The number of carbonyl (C=O) groups excluding carboxylic acids is 2. The lowest BCUT2D eigenvalue weighted by atomic mass is 10.1. The Labute approximate surface area is 122 Å². The first kappa shape index (κ1) is 14.6. The van der Waals surface area contributed by atoms with Crippen LogP contribution < -0.4 is 15.2 Å². The van der Waals surface area contributed by atoms with Crippen molar-refractivity contribution < 1.29 is 19.1 Å². The number of hydrogen-bond acceptors (Lipinski definition) is 4. The number of amides is 1. The summed E-state index contributed by atoms with van der Waals surface area (Å²) in [6.07, 6.45) is 0. The minimum atomic E-state index is -0.508. The normalized spacial score (nSPS) is 9.95. The molecule has 1 amide bonds. The van der Waals surface area contributed by atoms with Gasteiger partial charge >= 0.3 is 0 Å². The molecule has 2 rings (SSSR count). The number of methoxy groups -OCH3 is 1. The zero-order valence-corrected chi connectivity index (χ0v) is 11.5. The molecule has 21 heavy (non-hydrogen) atoms. The number of rotatable bonds is 6. The van der Waals surface area contributed by atoms with E-state index in [4.69, 9.17) is 15.2 Å². The van der Waals surface area contributed by atoms with Crippen LogP contribution in [0, 0.1) is 0 Å². The summed E-state index contributed by atoms with van der Waals surface area (Å²) in [6, 6.07) is 13.2. The zero-order valence-electron chi connectivity index (χ0n) is 11.5. The highest BCUT2D eigenvalue weighted by Gasteiger charge is 2.12. The number of carbonyl (C=O) groups is 2. The molecule has 2 N–H and O–H groups in total. The lowest BCUT2D eigenvalue weighted by Gasteiger charge is -2.09. The number of ketones is 1. The average molecular weight is 285 g/mol. The molecule has 2 aromatic carbocycles. The molecule has 0 radical (unpaired) electrons. The van der Waals surface area contributed by atoms with Crippen LogP contribution in [-0.2, 0) is 0 Å². The van der Waals surface area contributed by atoms with Gasteiger partial charge in [-0.05, 0) is 36.4 Å². The smallest absolute Gasteiger partial charge is 0.248 e. The van der Waals surface area contributed by atoms with Gasteiger partial charge in [0.05, 0.1) is 12.7 Å². The monoisotopic (exact) mass is 285 g/mol. The third-order valence-corrected chi connectivity index (χ3v) is 2.92. The molecule has 0 saturated heterocycles. The number of para-hydroxylation sites is 1. The number of primary amides is 1. The summed E-state index contributed by atoms with van der Waals surface area (Å²) >= 11 is 0. The van der Waals surface area contributed by atoms with E-state index in [-0.39, 0.29) is 12.4 Å². The predicted octanol–water partition coefficient (Wildman–Crippen LogP) is 2.06.